The van der Waals surface area contributed by atoms with Gasteiger partial charge < -0.3 is 5.84 Å². The summed E-state index contributed by atoms with van der Waals surface area (Å²) in [5, 5.41) is 0.975. The summed E-state index contributed by atoms with van der Waals surface area (Å²) in [6.07, 6.45) is 1.76. The molecule has 2 aromatic heterocycles. The molecule has 2 aromatic rings. The van der Waals surface area contributed by atoms with Crippen LogP contribution in [0.15, 0.2) is 29.4 Å². The summed E-state index contributed by atoms with van der Waals surface area (Å²) < 4.78 is 1.50. The largest absolute Gasteiger partial charge is 0.338 e. The number of nitrogens with zero attached hydrogens (tertiary/aromatic N) is 3. The molecular weight excluding hydrogens is 176 g/mol. The van der Waals surface area contributed by atoms with E-state index >= 15 is 0 Å². The van der Waals surface area contributed by atoms with Crippen LogP contribution in [-0.4, -0.2) is 16.7 Å². The third-order valence-corrected chi connectivity index (χ3v) is 2.15. The fourth-order valence-corrected chi connectivity index (χ4v) is 1.49. The van der Waals surface area contributed by atoms with E-state index in [1.807, 2.05) is 25.1 Å². The van der Waals surface area contributed by atoms with Gasteiger partial charge in [-0.15, -0.1) is 0 Å². The maximum atomic E-state index is 5.73. The first-order valence-corrected chi connectivity index (χ1v) is 4.39. The van der Waals surface area contributed by atoms with Crippen LogP contribution < -0.4 is 11.3 Å². The van der Waals surface area contributed by atoms with E-state index in [1.165, 1.54) is 4.68 Å². The second-order valence-electron chi connectivity index (χ2n) is 3.16. The van der Waals surface area contributed by atoms with Crippen LogP contribution in [0.2, 0.25) is 0 Å². The summed E-state index contributed by atoms with van der Waals surface area (Å²) in [6.45, 7) is 1.96. The minimum Gasteiger partial charge on any atom is -0.338 e. The van der Waals surface area contributed by atoms with E-state index in [-0.39, 0.29) is 0 Å². The SMILES string of the molecule is CN=c1c2ccc(C)nc2ccn1N. The van der Waals surface area contributed by atoms with Gasteiger partial charge in [-0.25, -0.2) is 0 Å². The second-order valence-corrected chi connectivity index (χ2v) is 3.16. The zero-order chi connectivity index (χ0) is 10.1. The molecule has 2 N–H and O–H groups in total. The lowest BCUT2D eigenvalue weighted by Crippen LogP contribution is -2.27. The zero-order valence-corrected chi connectivity index (χ0v) is 8.23. The maximum absolute atomic E-state index is 5.73. The third kappa shape index (κ3) is 1.25. The molecule has 0 fully saturated rings. The van der Waals surface area contributed by atoms with Crippen molar-refractivity contribution in [2.75, 3.05) is 12.9 Å². The Morgan fingerprint density at radius 2 is 2.14 bits per heavy atom. The Kier molecular flexibility index (Phi) is 1.96. The number of fused-ring (bicyclic) bond motifs is 1. The number of aromatic nitrogens is 2. The fraction of sp³-hybridized carbons (Fsp3) is 0.200. The van der Waals surface area contributed by atoms with Crippen molar-refractivity contribution in [1.82, 2.24) is 9.66 Å². The number of nitrogen functional groups attached to an aromatic ring is 1. The number of aryl methyl sites for hydroxylation is 1. The first-order chi connectivity index (χ1) is 6.72. The summed E-state index contributed by atoms with van der Waals surface area (Å²) >= 11 is 0. The summed E-state index contributed by atoms with van der Waals surface area (Å²) in [7, 11) is 1.72. The smallest absolute Gasteiger partial charge is 0.155 e. The predicted molar refractivity (Wildman–Crippen MR) is 56.1 cm³/mol. The van der Waals surface area contributed by atoms with E-state index in [1.54, 1.807) is 13.2 Å². The van der Waals surface area contributed by atoms with Crippen LogP contribution in [0.5, 0.6) is 0 Å². The average Bonchev–Trinajstić information content (AvgIpc) is 2.18. The van der Waals surface area contributed by atoms with E-state index in [2.05, 4.69) is 9.98 Å². The first-order valence-electron chi connectivity index (χ1n) is 4.39. The van der Waals surface area contributed by atoms with E-state index in [4.69, 9.17) is 5.84 Å². The number of hydrogen-bond acceptors (Lipinski definition) is 3. The van der Waals surface area contributed by atoms with Crippen molar-refractivity contribution in [3.63, 3.8) is 0 Å². The second kappa shape index (κ2) is 3.14. The number of rotatable bonds is 0. The highest BCUT2D eigenvalue weighted by Crippen LogP contribution is 2.06. The van der Waals surface area contributed by atoms with E-state index in [9.17, 15) is 0 Å². The van der Waals surface area contributed by atoms with Crippen molar-refractivity contribution < 1.29 is 0 Å². The number of hydrogen-bond donors (Lipinski definition) is 1. The molecule has 0 bridgehead atoms. The molecule has 0 aliphatic carbocycles. The monoisotopic (exact) mass is 188 g/mol. The van der Waals surface area contributed by atoms with Gasteiger partial charge in [0, 0.05) is 24.3 Å². The van der Waals surface area contributed by atoms with Crippen LogP contribution in [0.1, 0.15) is 5.69 Å². The highest BCUT2D eigenvalue weighted by atomic mass is 15.3. The maximum Gasteiger partial charge on any atom is 0.155 e. The van der Waals surface area contributed by atoms with Crippen molar-refractivity contribution in [1.29, 1.82) is 0 Å². The summed E-state index contributed by atoms with van der Waals surface area (Å²) in [6, 6.07) is 5.83. The van der Waals surface area contributed by atoms with Gasteiger partial charge in [0.2, 0.25) is 0 Å². The van der Waals surface area contributed by atoms with Gasteiger partial charge >= 0.3 is 0 Å². The highest BCUT2D eigenvalue weighted by molar-refractivity contribution is 5.77. The highest BCUT2D eigenvalue weighted by Gasteiger charge is 1.99. The zero-order valence-electron chi connectivity index (χ0n) is 8.23. The molecule has 2 rings (SSSR count). The molecule has 2 heterocycles. The molecule has 0 amide bonds. The van der Waals surface area contributed by atoms with Gasteiger partial charge in [0.1, 0.15) is 0 Å². The van der Waals surface area contributed by atoms with Crippen LogP contribution in [0.3, 0.4) is 0 Å². The average molecular weight is 188 g/mol. The Morgan fingerprint density at radius 1 is 1.36 bits per heavy atom. The van der Waals surface area contributed by atoms with Gasteiger partial charge in [0.05, 0.1) is 5.52 Å². The Morgan fingerprint density at radius 3 is 2.86 bits per heavy atom. The molecule has 0 atom stereocenters. The lowest BCUT2D eigenvalue weighted by Gasteiger charge is -2.03. The third-order valence-electron chi connectivity index (χ3n) is 2.15. The Bertz CT molecular complexity index is 539. The molecule has 0 spiro atoms. The molecule has 0 saturated heterocycles. The normalized spacial score (nSPS) is 12.3. The van der Waals surface area contributed by atoms with Gasteiger partial charge in [-0.1, -0.05) is 0 Å². The quantitative estimate of drug-likeness (QED) is 0.615. The molecule has 14 heavy (non-hydrogen) atoms. The Balaban J connectivity index is 2.97. The molecule has 4 heteroatoms. The topological polar surface area (TPSA) is 56.2 Å². The van der Waals surface area contributed by atoms with Crippen molar-refractivity contribution in [3.05, 3.63) is 35.6 Å². The van der Waals surface area contributed by atoms with Gasteiger partial charge in [-0.2, -0.15) is 0 Å². The van der Waals surface area contributed by atoms with Crippen molar-refractivity contribution >= 4 is 10.9 Å². The molecule has 72 valence electrons. The molecule has 0 aliphatic rings. The lowest BCUT2D eigenvalue weighted by molar-refractivity contribution is 0.908. The van der Waals surface area contributed by atoms with Crippen LogP contribution >= 0.6 is 0 Å². The number of pyridine rings is 2. The molecule has 4 nitrogen and oxygen atoms in total. The van der Waals surface area contributed by atoms with Crippen LogP contribution in [0.4, 0.5) is 0 Å². The molecular formula is C10H12N4. The molecule has 0 aliphatic heterocycles. The fourth-order valence-electron chi connectivity index (χ4n) is 1.49. The summed E-state index contributed by atoms with van der Waals surface area (Å²) in [4.78, 5) is 8.52. The van der Waals surface area contributed by atoms with Crippen LogP contribution in [0.25, 0.3) is 10.9 Å². The van der Waals surface area contributed by atoms with Crippen molar-refractivity contribution in [2.45, 2.75) is 6.92 Å². The van der Waals surface area contributed by atoms with Crippen molar-refractivity contribution in [3.8, 4) is 0 Å². The van der Waals surface area contributed by atoms with Gasteiger partial charge in [-0.3, -0.25) is 14.7 Å². The molecule has 0 unspecified atom stereocenters. The first kappa shape index (κ1) is 8.74. The van der Waals surface area contributed by atoms with Crippen LogP contribution in [-0.2, 0) is 0 Å². The molecule has 0 saturated carbocycles. The minimum absolute atomic E-state index is 0.745. The van der Waals surface area contributed by atoms with Crippen molar-refractivity contribution in [2.24, 2.45) is 4.99 Å². The van der Waals surface area contributed by atoms with Gasteiger partial charge in [0.15, 0.2) is 5.49 Å². The van der Waals surface area contributed by atoms with Gasteiger partial charge in [0.25, 0.3) is 0 Å². The summed E-state index contributed by atoms with van der Waals surface area (Å²) in [5.74, 6) is 5.73. The van der Waals surface area contributed by atoms with E-state index < -0.39 is 0 Å². The summed E-state index contributed by atoms with van der Waals surface area (Å²) in [5.41, 5.74) is 2.66. The molecule has 0 radical (unpaired) electrons. The Hall–Kier alpha value is -1.84. The number of nitrogens with two attached hydrogens (primary N) is 1. The standard InChI is InChI=1S/C10H12N4/c1-7-3-4-8-9(13-7)5-6-14(11)10(8)12-2/h3-6H,11H2,1-2H3. The van der Waals surface area contributed by atoms with Gasteiger partial charge in [-0.05, 0) is 25.1 Å². The van der Waals surface area contributed by atoms with E-state index in [0.717, 1.165) is 22.1 Å². The predicted octanol–water partition coefficient (Wildman–Crippen LogP) is 0.589. The minimum atomic E-state index is 0.745. The molecule has 0 aromatic carbocycles. The lowest BCUT2D eigenvalue weighted by atomic mass is 10.2. The van der Waals surface area contributed by atoms with E-state index in [0.29, 0.717) is 0 Å². The Labute approximate surface area is 81.7 Å². The van der Waals surface area contributed by atoms with Crippen LogP contribution in [0, 0.1) is 6.92 Å².